The van der Waals surface area contributed by atoms with Crippen LogP contribution in [0.5, 0.6) is 0 Å². The molecule has 1 rings (SSSR count). The van der Waals surface area contributed by atoms with E-state index in [0.29, 0.717) is 19.3 Å². The van der Waals surface area contributed by atoms with E-state index >= 15 is 0 Å². The van der Waals surface area contributed by atoms with Gasteiger partial charge in [0.05, 0.1) is 18.2 Å². The highest BCUT2D eigenvalue weighted by molar-refractivity contribution is 5.99. The van der Waals surface area contributed by atoms with Crippen LogP contribution in [0, 0.1) is 17.8 Å². The van der Waals surface area contributed by atoms with E-state index in [4.69, 9.17) is 17.2 Å². The van der Waals surface area contributed by atoms with Crippen LogP contribution in [0.25, 0.3) is 0 Å². The number of carboxylic acid groups (broad SMARTS) is 2. The first-order valence-corrected chi connectivity index (χ1v) is 24.6. The predicted molar refractivity (Wildman–Crippen MR) is 259 cm³/mol. The maximum Gasteiger partial charge on any atom is 0.328 e. The first kappa shape index (κ1) is 64.5. The Morgan fingerprint density at radius 2 is 0.918 bits per heavy atom. The van der Waals surface area contributed by atoms with Crippen LogP contribution >= 0.6 is 0 Å². The lowest BCUT2D eigenvalue weighted by molar-refractivity contribution is -0.146. The lowest BCUT2D eigenvalue weighted by Crippen LogP contribution is -2.63. The summed E-state index contributed by atoms with van der Waals surface area (Å²) in [6.45, 7) is 12.5. The lowest BCUT2D eigenvalue weighted by atomic mass is 9.94. The highest BCUT2D eigenvalue weighted by atomic mass is 16.4. The van der Waals surface area contributed by atoms with Gasteiger partial charge in [0.2, 0.25) is 59.1 Å². The largest absolute Gasteiger partial charge is 0.481 e. The minimum Gasteiger partial charge on any atom is -0.481 e. The van der Waals surface area contributed by atoms with Crippen LogP contribution in [0.2, 0.25) is 0 Å². The molecule has 14 atom stereocenters. The minimum atomic E-state index is -1.87. The molecule has 0 bridgehead atoms. The summed E-state index contributed by atoms with van der Waals surface area (Å²) in [7, 11) is 0. The molecule has 1 aliphatic heterocycles. The van der Waals surface area contributed by atoms with E-state index in [-0.39, 0.29) is 32.2 Å². The SMILES string of the molecule is CC[C@H](C)[C@H](NC(=O)[C@H](CCC(=O)O)NC(=O)[C@@H](NC(=O)[C@H](CCC(N)=O)NC(=O)[C@@H](N)CCC(N)=O)[C@@H](C)O)C(=O)N[C@H](C(=O)N1CCC[C@H]1C(=O)N[C@H](C(=O)N[C@H](C(=O)O)[C@@H](C)O)[C@@H](C)CC)[C@@H](C)CC. The maximum atomic E-state index is 14.5. The summed E-state index contributed by atoms with van der Waals surface area (Å²) in [6.07, 6.45) is -4.17. The molecule has 10 amide bonds. The van der Waals surface area contributed by atoms with Crippen molar-refractivity contribution in [2.45, 2.75) is 193 Å². The Morgan fingerprint density at radius 3 is 1.37 bits per heavy atom. The number of carboxylic acids is 2. The zero-order valence-corrected chi connectivity index (χ0v) is 42.9. The molecule has 0 aromatic heterocycles. The molecule has 27 nitrogen and oxygen atoms in total. The number of hydrogen-bond donors (Lipinski definition) is 14. The number of nitrogens with one attached hydrogen (secondary N) is 7. The van der Waals surface area contributed by atoms with Gasteiger partial charge in [0, 0.05) is 25.8 Å². The van der Waals surface area contributed by atoms with Gasteiger partial charge in [-0.15, -0.1) is 0 Å². The molecule has 27 heteroatoms. The van der Waals surface area contributed by atoms with Crippen molar-refractivity contribution in [3.8, 4) is 0 Å². The van der Waals surface area contributed by atoms with Crippen LogP contribution in [-0.4, -0.2) is 169 Å². The van der Waals surface area contributed by atoms with Crippen LogP contribution in [0.4, 0.5) is 0 Å². The van der Waals surface area contributed by atoms with Gasteiger partial charge in [-0.25, -0.2) is 4.79 Å². The van der Waals surface area contributed by atoms with Gasteiger partial charge in [0.1, 0.15) is 42.3 Å². The molecule has 0 saturated carbocycles. The van der Waals surface area contributed by atoms with E-state index in [1.54, 1.807) is 41.5 Å². The van der Waals surface area contributed by atoms with E-state index in [1.807, 2.05) is 0 Å². The first-order chi connectivity index (χ1) is 34.0. The second-order valence-corrected chi connectivity index (χ2v) is 18.8. The van der Waals surface area contributed by atoms with Crippen molar-refractivity contribution in [2.75, 3.05) is 6.54 Å². The number of likely N-dealkylation sites (tertiary alicyclic amines) is 1. The van der Waals surface area contributed by atoms with Crippen molar-refractivity contribution >= 4 is 71.0 Å². The molecule has 1 heterocycles. The van der Waals surface area contributed by atoms with Crippen molar-refractivity contribution in [1.82, 2.24) is 42.1 Å². The average Bonchev–Trinajstić information content (AvgIpc) is 3.83. The molecule has 73 heavy (non-hydrogen) atoms. The molecule has 0 spiro atoms. The van der Waals surface area contributed by atoms with Gasteiger partial charge in [0.25, 0.3) is 0 Å². The Bertz CT molecular complexity index is 1970. The number of aliphatic hydroxyl groups excluding tert-OH is 2. The number of nitrogens with zero attached hydrogens (tertiary/aromatic N) is 1. The molecular weight excluding hydrogens is 963 g/mol. The number of primary amides is 2. The Labute approximate surface area is 424 Å². The average molecular weight is 1040 g/mol. The summed E-state index contributed by atoms with van der Waals surface area (Å²) < 4.78 is 0. The summed E-state index contributed by atoms with van der Waals surface area (Å²) in [5.41, 5.74) is 16.2. The van der Waals surface area contributed by atoms with Gasteiger partial charge >= 0.3 is 11.9 Å². The Balaban J connectivity index is 3.47. The number of aliphatic carboxylic acids is 2. The van der Waals surface area contributed by atoms with Crippen LogP contribution in [0.3, 0.4) is 0 Å². The van der Waals surface area contributed by atoms with Crippen molar-refractivity contribution in [2.24, 2.45) is 35.0 Å². The van der Waals surface area contributed by atoms with Gasteiger partial charge < -0.3 is 79.7 Å². The van der Waals surface area contributed by atoms with Gasteiger partial charge in [-0.1, -0.05) is 60.8 Å². The molecular formula is C46H79N11O16. The number of rotatable bonds is 33. The monoisotopic (exact) mass is 1040 g/mol. The molecule has 0 unspecified atom stereocenters. The van der Waals surface area contributed by atoms with E-state index in [1.165, 1.54) is 11.8 Å². The second kappa shape index (κ2) is 31.2. The molecule has 17 N–H and O–H groups in total. The zero-order chi connectivity index (χ0) is 56.0. The molecule has 1 saturated heterocycles. The Kier molecular flexibility index (Phi) is 27.6. The van der Waals surface area contributed by atoms with E-state index < -0.39 is 181 Å². The molecule has 0 aromatic carbocycles. The predicted octanol–water partition coefficient (Wildman–Crippen LogP) is -3.92. The van der Waals surface area contributed by atoms with E-state index in [0.717, 1.165) is 6.92 Å². The van der Waals surface area contributed by atoms with Crippen molar-refractivity contribution in [1.29, 1.82) is 0 Å². The standard InChI is InChI=1S/C46H79N11O16/c1-9-21(4)33(42(68)54-35(23(6)11-3)45(71)57-20-12-13-29(57)41(67)53-34(22(5)10-2)43(69)56-37(25(8)59)46(72)73)52-39(65)28(16-19-32(62)63)51-44(70)36(24(7)58)55-40(66)27(15-18-31(49)61)50-38(64)26(47)14-17-30(48)60/h21-29,33-37,58-59H,9-20,47H2,1-8H3,(H2,48,60)(H2,49,61)(H,50,64)(H,51,70)(H,52,65)(H,53,67)(H,54,68)(H,55,66)(H,56,69)(H,62,63)(H,72,73)/t21-,22-,23-,24+,25+,26-,27-,28-,29-,33-,34-,35-,36-,37-/m0/s1. The third-order valence-corrected chi connectivity index (χ3v) is 12.9. The van der Waals surface area contributed by atoms with Gasteiger partial charge in [-0.2, -0.15) is 0 Å². The number of carbonyl (C=O) groups excluding carboxylic acids is 10. The molecule has 1 aliphatic rings. The Morgan fingerprint density at radius 1 is 0.521 bits per heavy atom. The van der Waals surface area contributed by atoms with Crippen LogP contribution in [0.15, 0.2) is 0 Å². The van der Waals surface area contributed by atoms with E-state index in [2.05, 4.69) is 37.2 Å². The van der Waals surface area contributed by atoms with Gasteiger partial charge in [0.15, 0.2) is 6.04 Å². The minimum absolute atomic E-state index is 0.0860. The lowest BCUT2D eigenvalue weighted by Gasteiger charge is -2.34. The quantitative estimate of drug-likeness (QED) is 0.0299. The number of amides is 10. The smallest absolute Gasteiger partial charge is 0.328 e. The number of aliphatic hydroxyl groups is 2. The zero-order valence-electron chi connectivity index (χ0n) is 42.9. The third-order valence-electron chi connectivity index (χ3n) is 12.9. The molecule has 414 valence electrons. The molecule has 0 aromatic rings. The van der Waals surface area contributed by atoms with Crippen molar-refractivity contribution < 1.29 is 78.0 Å². The van der Waals surface area contributed by atoms with Crippen molar-refractivity contribution in [3.05, 3.63) is 0 Å². The van der Waals surface area contributed by atoms with Crippen LogP contribution in [-0.2, 0) is 57.5 Å². The first-order valence-electron chi connectivity index (χ1n) is 24.6. The highest BCUT2D eigenvalue weighted by Crippen LogP contribution is 2.23. The van der Waals surface area contributed by atoms with Gasteiger partial charge in [-0.05, 0) is 63.7 Å². The van der Waals surface area contributed by atoms with Crippen LogP contribution < -0.4 is 54.4 Å². The number of hydrogen-bond acceptors (Lipinski definition) is 15. The fraction of sp³-hybridized carbons (Fsp3) is 0.739. The molecule has 0 aliphatic carbocycles. The molecule has 1 fully saturated rings. The normalized spacial score (nSPS) is 18.7. The van der Waals surface area contributed by atoms with Crippen molar-refractivity contribution in [3.63, 3.8) is 0 Å². The molecule has 0 radical (unpaired) electrons. The van der Waals surface area contributed by atoms with Gasteiger partial charge in [-0.3, -0.25) is 52.7 Å². The fourth-order valence-corrected chi connectivity index (χ4v) is 7.67. The Hall–Kier alpha value is -6.48. The summed E-state index contributed by atoms with van der Waals surface area (Å²) in [5.74, 6) is -13.6. The maximum absolute atomic E-state index is 14.5. The third kappa shape index (κ3) is 20.9. The van der Waals surface area contributed by atoms with E-state index in [9.17, 15) is 78.0 Å². The summed E-state index contributed by atoms with van der Waals surface area (Å²) in [4.78, 5) is 158. The fourth-order valence-electron chi connectivity index (χ4n) is 7.67. The number of nitrogens with two attached hydrogens (primary N) is 3. The topological polar surface area (TPSA) is 451 Å². The second-order valence-electron chi connectivity index (χ2n) is 18.8. The summed E-state index contributed by atoms with van der Waals surface area (Å²) >= 11 is 0. The summed E-state index contributed by atoms with van der Waals surface area (Å²) in [6, 6.07) is -13.2. The summed E-state index contributed by atoms with van der Waals surface area (Å²) in [5, 5.41) is 56.7. The van der Waals surface area contributed by atoms with Crippen LogP contribution in [0.1, 0.15) is 126 Å². The highest BCUT2D eigenvalue weighted by Gasteiger charge is 2.43. The number of carbonyl (C=O) groups is 12.